The fourth-order valence-corrected chi connectivity index (χ4v) is 3.29. The molecule has 0 spiro atoms. The summed E-state index contributed by atoms with van der Waals surface area (Å²) in [5, 5.41) is 5.08. The minimum absolute atomic E-state index is 0.0908. The van der Waals surface area contributed by atoms with Crippen molar-refractivity contribution in [1.29, 1.82) is 0 Å². The molecule has 0 unspecified atom stereocenters. The zero-order valence-corrected chi connectivity index (χ0v) is 16.3. The summed E-state index contributed by atoms with van der Waals surface area (Å²) in [6.07, 6.45) is 2.05. The van der Waals surface area contributed by atoms with E-state index in [1.54, 1.807) is 0 Å². The van der Waals surface area contributed by atoms with Gasteiger partial charge in [0.2, 0.25) is 0 Å². The van der Waals surface area contributed by atoms with Gasteiger partial charge in [-0.3, -0.25) is 24.3 Å². The van der Waals surface area contributed by atoms with E-state index >= 15 is 0 Å². The van der Waals surface area contributed by atoms with Crippen LogP contribution < -0.4 is 16.2 Å². The average molecular weight is 394 g/mol. The molecule has 2 rings (SSSR count). The van der Waals surface area contributed by atoms with Crippen LogP contribution in [0.4, 0.5) is 4.79 Å². The van der Waals surface area contributed by atoms with Gasteiger partial charge in [-0.05, 0) is 25.8 Å². The van der Waals surface area contributed by atoms with E-state index in [0.29, 0.717) is 16.8 Å². The van der Waals surface area contributed by atoms with E-state index in [9.17, 15) is 19.2 Å². The molecule has 0 saturated heterocycles. The zero-order chi connectivity index (χ0) is 20.0. The van der Waals surface area contributed by atoms with E-state index in [1.807, 2.05) is 20.8 Å². The van der Waals surface area contributed by atoms with Crippen LogP contribution in [0.2, 0.25) is 0 Å². The first kappa shape index (κ1) is 20.6. The maximum Gasteiger partial charge on any atom is 0.321 e. The number of hydrogen-bond donors (Lipinski definition) is 2. The first-order valence-electron chi connectivity index (χ1n) is 8.52. The predicted molar refractivity (Wildman–Crippen MR) is 101 cm³/mol. The van der Waals surface area contributed by atoms with Gasteiger partial charge in [0.25, 0.3) is 11.5 Å². The third-order valence-corrected chi connectivity index (χ3v) is 4.98. The normalized spacial score (nSPS) is 10.6. The summed E-state index contributed by atoms with van der Waals surface area (Å²) in [6, 6.07) is -0.634. The highest BCUT2D eigenvalue weighted by atomic mass is 32.1. The molecule has 2 aromatic rings. The SMILES string of the molecule is CCCNC(=O)NC(=O)COC(=O)CCn1cnc2sc(C)c(C)c2c1=O. The molecule has 2 aromatic heterocycles. The van der Waals surface area contributed by atoms with E-state index in [2.05, 4.69) is 15.6 Å². The molecule has 0 aliphatic carbocycles. The van der Waals surface area contributed by atoms with Crippen molar-refractivity contribution < 1.29 is 19.1 Å². The number of imide groups is 1. The number of hydrogen-bond acceptors (Lipinski definition) is 7. The van der Waals surface area contributed by atoms with Gasteiger partial charge in [-0.2, -0.15) is 0 Å². The van der Waals surface area contributed by atoms with Gasteiger partial charge in [-0.25, -0.2) is 9.78 Å². The molecule has 0 aromatic carbocycles. The Kier molecular flexibility index (Phi) is 7.05. The molecule has 0 bridgehead atoms. The Balaban J connectivity index is 1.85. The molecule has 0 atom stereocenters. The molecular weight excluding hydrogens is 372 g/mol. The Morgan fingerprint density at radius 3 is 2.74 bits per heavy atom. The van der Waals surface area contributed by atoms with Crippen molar-refractivity contribution in [3.05, 3.63) is 27.1 Å². The monoisotopic (exact) mass is 394 g/mol. The Morgan fingerprint density at radius 1 is 1.30 bits per heavy atom. The van der Waals surface area contributed by atoms with Crippen molar-refractivity contribution in [3.63, 3.8) is 0 Å². The molecule has 0 aliphatic heterocycles. The predicted octanol–water partition coefficient (Wildman–Crippen LogP) is 1.24. The van der Waals surface area contributed by atoms with E-state index in [0.717, 1.165) is 16.9 Å². The summed E-state index contributed by atoms with van der Waals surface area (Å²) in [7, 11) is 0. The highest BCUT2D eigenvalue weighted by molar-refractivity contribution is 7.18. The average Bonchev–Trinajstić information content (AvgIpc) is 2.92. The standard InChI is InChI=1S/C17H22N4O5S/c1-4-6-18-17(25)20-12(22)8-26-13(23)5-7-21-9-19-15-14(16(21)24)10(2)11(3)27-15/h9H,4-8H2,1-3H3,(H2,18,20,22,25). The maximum absolute atomic E-state index is 12.5. The quantitative estimate of drug-likeness (QED) is 0.682. The number of rotatable bonds is 7. The van der Waals surface area contributed by atoms with E-state index in [1.165, 1.54) is 22.2 Å². The largest absolute Gasteiger partial charge is 0.456 e. The molecular formula is C17H22N4O5S. The van der Waals surface area contributed by atoms with Gasteiger partial charge in [0.1, 0.15) is 4.83 Å². The fourth-order valence-electron chi connectivity index (χ4n) is 2.30. The molecule has 10 heteroatoms. The molecule has 2 N–H and O–H groups in total. The summed E-state index contributed by atoms with van der Waals surface area (Å²) >= 11 is 1.45. The maximum atomic E-state index is 12.5. The van der Waals surface area contributed by atoms with Crippen LogP contribution in [0, 0.1) is 13.8 Å². The van der Waals surface area contributed by atoms with Crippen LogP contribution in [0.25, 0.3) is 10.2 Å². The highest BCUT2D eigenvalue weighted by Gasteiger charge is 2.14. The second-order valence-electron chi connectivity index (χ2n) is 5.92. The zero-order valence-electron chi connectivity index (χ0n) is 15.5. The molecule has 27 heavy (non-hydrogen) atoms. The summed E-state index contributed by atoms with van der Waals surface area (Å²) < 4.78 is 6.17. The lowest BCUT2D eigenvalue weighted by atomic mass is 10.2. The second-order valence-corrected chi connectivity index (χ2v) is 7.12. The molecule has 3 amide bonds. The van der Waals surface area contributed by atoms with Gasteiger partial charge in [0.15, 0.2) is 6.61 Å². The van der Waals surface area contributed by atoms with Crippen molar-refractivity contribution in [1.82, 2.24) is 20.2 Å². The number of nitrogens with zero attached hydrogens (tertiary/aromatic N) is 2. The lowest BCUT2D eigenvalue weighted by Crippen LogP contribution is -2.41. The third kappa shape index (κ3) is 5.36. The number of aromatic nitrogens is 2. The Labute approximate surface area is 159 Å². The smallest absolute Gasteiger partial charge is 0.321 e. The fraction of sp³-hybridized carbons (Fsp3) is 0.471. The van der Waals surface area contributed by atoms with E-state index < -0.39 is 24.5 Å². The molecule has 0 fully saturated rings. The Bertz CT molecular complexity index is 918. The number of nitrogens with one attached hydrogen (secondary N) is 2. The van der Waals surface area contributed by atoms with Crippen LogP contribution in [-0.2, 0) is 20.9 Å². The summed E-state index contributed by atoms with van der Waals surface area (Å²) in [6.45, 7) is 5.64. The Hall–Kier alpha value is -2.75. The molecule has 146 valence electrons. The van der Waals surface area contributed by atoms with Crippen molar-refractivity contribution in [2.45, 2.75) is 40.2 Å². The first-order chi connectivity index (χ1) is 12.8. The van der Waals surface area contributed by atoms with Crippen molar-refractivity contribution in [2.75, 3.05) is 13.2 Å². The van der Waals surface area contributed by atoms with Gasteiger partial charge in [-0.1, -0.05) is 6.92 Å². The lowest BCUT2D eigenvalue weighted by Gasteiger charge is -2.08. The third-order valence-electron chi connectivity index (χ3n) is 3.87. The van der Waals surface area contributed by atoms with E-state index in [-0.39, 0.29) is 18.5 Å². The van der Waals surface area contributed by atoms with Crippen molar-refractivity contribution >= 4 is 39.5 Å². The highest BCUT2D eigenvalue weighted by Crippen LogP contribution is 2.25. The molecule has 9 nitrogen and oxygen atoms in total. The van der Waals surface area contributed by atoms with Crippen LogP contribution in [0.5, 0.6) is 0 Å². The first-order valence-corrected chi connectivity index (χ1v) is 9.33. The van der Waals surface area contributed by atoms with Crippen LogP contribution >= 0.6 is 11.3 Å². The van der Waals surface area contributed by atoms with Gasteiger partial charge in [0, 0.05) is 18.0 Å². The topological polar surface area (TPSA) is 119 Å². The van der Waals surface area contributed by atoms with Gasteiger partial charge in [-0.15, -0.1) is 11.3 Å². The molecule has 0 saturated carbocycles. The van der Waals surface area contributed by atoms with Crippen molar-refractivity contribution in [3.8, 4) is 0 Å². The summed E-state index contributed by atoms with van der Waals surface area (Å²) in [5.41, 5.74) is 0.683. The molecule has 0 aliphatic rings. The second kappa shape index (κ2) is 9.26. The molecule has 2 heterocycles. The number of carbonyl (C=O) groups is 3. The Morgan fingerprint density at radius 2 is 2.04 bits per heavy atom. The lowest BCUT2D eigenvalue weighted by molar-refractivity contribution is -0.148. The summed E-state index contributed by atoms with van der Waals surface area (Å²) in [4.78, 5) is 53.1. The van der Waals surface area contributed by atoms with Crippen molar-refractivity contribution in [2.24, 2.45) is 0 Å². The number of esters is 1. The van der Waals surface area contributed by atoms with E-state index in [4.69, 9.17) is 4.74 Å². The number of ether oxygens (including phenoxy) is 1. The van der Waals surface area contributed by atoms with Gasteiger partial charge < -0.3 is 10.1 Å². The van der Waals surface area contributed by atoms with Crippen LogP contribution in [0.3, 0.4) is 0 Å². The van der Waals surface area contributed by atoms with Gasteiger partial charge in [0.05, 0.1) is 18.1 Å². The number of fused-ring (bicyclic) bond motifs is 1. The number of thiophene rings is 1. The number of amides is 3. The van der Waals surface area contributed by atoms with Crippen LogP contribution in [0.1, 0.15) is 30.2 Å². The van der Waals surface area contributed by atoms with Crippen LogP contribution in [-0.4, -0.2) is 40.6 Å². The number of aryl methyl sites for hydroxylation is 3. The minimum atomic E-state index is -0.721. The summed E-state index contributed by atoms with van der Waals surface area (Å²) in [5.74, 6) is -1.37. The van der Waals surface area contributed by atoms with Gasteiger partial charge >= 0.3 is 12.0 Å². The van der Waals surface area contributed by atoms with Crippen LogP contribution in [0.15, 0.2) is 11.1 Å². The molecule has 0 radical (unpaired) electrons. The number of carbonyl (C=O) groups excluding carboxylic acids is 3. The minimum Gasteiger partial charge on any atom is -0.456 e. The number of urea groups is 1.